The van der Waals surface area contributed by atoms with Gasteiger partial charge in [-0.2, -0.15) is 0 Å². The second-order valence-electron chi connectivity index (χ2n) is 4.94. The Labute approximate surface area is 146 Å². The zero-order valence-electron chi connectivity index (χ0n) is 11.7. The number of thiocarbonyl (C=S) groups is 1. The van der Waals surface area contributed by atoms with Crippen LogP contribution < -0.4 is 10.5 Å². The lowest BCUT2D eigenvalue weighted by atomic mass is 10.0. The quantitative estimate of drug-likeness (QED) is 0.628. The monoisotopic (exact) mass is 427 g/mol. The summed E-state index contributed by atoms with van der Waals surface area (Å²) in [6, 6.07) is 11.6. The smallest absolute Gasteiger partial charge is 0.137 e. The molecule has 0 unspecified atom stereocenters. The van der Waals surface area contributed by atoms with Crippen LogP contribution in [-0.2, 0) is 0 Å². The van der Waals surface area contributed by atoms with Gasteiger partial charge in [0.05, 0.1) is 5.56 Å². The average Bonchev–Trinajstić information content (AvgIpc) is 2.42. The zero-order chi connectivity index (χ0) is 15.6. The SMILES string of the molecule is CC(C)c1cc(Br)ccc1Oc1ccc(Br)cc1C(N)=S. The molecule has 5 heteroatoms. The van der Waals surface area contributed by atoms with Gasteiger partial charge in [0, 0.05) is 8.95 Å². The van der Waals surface area contributed by atoms with Crippen molar-refractivity contribution in [3.05, 3.63) is 56.5 Å². The predicted molar refractivity (Wildman–Crippen MR) is 98.3 cm³/mol. The van der Waals surface area contributed by atoms with Crippen LogP contribution in [0.2, 0.25) is 0 Å². The molecular formula is C16H15Br2NOS. The Balaban J connectivity index is 2.46. The van der Waals surface area contributed by atoms with Crippen LogP contribution in [0.25, 0.3) is 0 Å². The van der Waals surface area contributed by atoms with Crippen molar-refractivity contribution >= 4 is 49.1 Å². The second-order valence-corrected chi connectivity index (χ2v) is 7.21. The first-order valence-electron chi connectivity index (χ1n) is 6.45. The summed E-state index contributed by atoms with van der Waals surface area (Å²) in [5, 5.41) is 0. The van der Waals surface area contributed by atoms with Gasteiger partial charge in [-0.25, -0.2) is 0 Å². The van der Waals surface area contributed by atoms with Gasteiger partial charge in [0.2, 0.25) is 0 Å². The molecule has 110 valence electrons. The van der Waals surface area contributed by atoms with Crippen molar-refractivity contribution in [1.29, 1.82) is 0 Å². The van der Waals surface area contributed by atoms with Crippen molar-refractivity contribution in [2.24, 2.45) is 5.73 Å². The van der Waals surface area contributed by atoms with Crippen molar-refractivity contribution in [3.8, 4) is 11.5 Å². The van der Waals surface area contributed by atoms with E-state index in [2.05, 4.69) is 51.8 Å². The van der Waals surface area contributed by atoms with Gasteiger partial charge in [0.15, 0.2) is 0 Å². The number of nitrogens with two attached hydrogens (primary N) is 1. The molecule has 0 atom stereocenters. The van der Waals surface area contributed by atoms with E-state index in [1.54, 1.807) is 0 Å². The van der Waals surface area contributed by atoms with Crippen molar-refractivity contribution < 1.29 is 4.74 Å². The summed E-state index contributed by atoms with van der Waals surface area (Å²) in [5.41, 5.74) is 7.63. The third-order valence-corrected chi connectivity index (χ3v) is 4.23. The highest BCUT2D eigenvalue weighted by Gasteiger charge is 2.13. The van der Waals surface area contributed by atoms with E-state index in [1.807, 2.05) is 30.3 Å². The maximum Gasteiger partial charge on any atom is 0.137 e. The minimum atomic E-state index is 0.314. The van der Waals surface area contributed by atoms with E-state index in [-0.39, 0.29) is 0 Å². The first kappa shape index (κ1) is 16.5. The Kier molecular flexibility index (Phi) is 5.41. The van der Waals surface area contributed by atoms with Crippen molar-refractivity contribution in [1.82, 2.24) is 0 Å². The molecule has 0 saturated heterocycles. The summed E-state index contributed by atoms with van der Waals surface area (Å²) in [7, 11) is 0. The van der Waals surface area contributed by atoms with E-state index in [4.69, 9.17) is 22.7 Å². The van der Waals surface area contributed by atoms with E-state index < -0.39 is 0 Å². The predicted octanol–water partition coefficient (Wildman–Crippen LogP) is 5.76. The lowest BCUT2D eigenvalue weighted by Crippen LogP contribution is -2.11. The molecule has 0 heterocycles. The molecule has 0 amide bonds. The molecule has 21 heavy (non-hydrogen) atoms. The Morgan fingerprint density at radius 3 is 2.19 bits per heavy atom. The van der Waals surface area contributed by atoms with E-state index in [0.29, 0.717) is 16.7 Å². The fraction of sp³-hybridized carbons (Fsp3) is 0.188. The molecule has 2 nitrogen and oxygen atoms in total. The molecule has 0 aliphatic rings. The first-order valence-corrected chi connectivity index (χ1v) is 8.44. The minimum Gasteiger partial charge on any atom is -0.456 e. The number of ether oxygens (including phenoxy) is 1. The Morgan fingerprint density at radius 2 is 1.62 bits per heavy atom. The molecule has 2 aromatic rings. The van der Waals surface area contributed by atoms with Crippen LogP contribution in [0.5, 0.6) is 11.5 Å². The third-order valence-electron chi connectivity index (χ3n) is 3.02. The Bertz CT molecular complexity index is 686. The molecule has 0 radical (unpaired) electrons. The molecule has 0 bridgehead atoms. The molecule has 0 aromatic heterocycles. The number of hydrogen-bond donors (Lipinski definition) is 1. The van der Waals surface area contributed by atoms with Gasteiger partial charge in [-0.15, -0.1) is 0 Å². The van der Waals surface area contributed by atoms with Gasteiger partial charge < -0.3 is 10.5 Å². The summed E-state index contributed by atoms with van der Waals surface area (Å²) >= 11 is 12.0. The van der Waals surface area contributed by atoms with Crippen LogP contribution >= 0.6 is 44.1 Å². The van der Waals surface area contributed by atoms with Gasteiger partial charge in [-0.3, -0.25) is 0 Å². The fourth-order valence-electron chi connectivity index (χ4n) is 1.97. The highest BCUT2D eigenvalue weighted by atomic mass is 79.9. The van der Waals surface area contributed by atoms with Gasteiger partial charge in [-0.1, -0.05) is 57.9 Å². The lowest BCUT2D eigenvalue weighted by molar-refractivity contribution is 0.472. The van der Waals surface area contributed by atoms with E-state index in [1.165, 1.54) is 0 Å². The summed E-state index contributed by atoms with van der Waals surface area (Å²) in [4.78, 5) is 0.314. The highest BCUT2D eigenvalue weighted by molar-refractivity contribution is 9.10. The standard InChI is InChI=1S/C16H15Br2NOS/c1-9(2)12-7-10(17)3-5-14(12)20-15-6-4-11(18)8-13(15)16(19)21/h3-9H,1-2H3,(H2,19,21). The number of halogens is 2. The topological polar surface area (TPSA) is 35.2 Å². The molecule has 0 aliphatic carbocycles. The van der Waals surface area contributed by atoms with Crippen molar-refractivity contribution in [2.45, 2.75) is 19.8 Å². The number of rotatable bonds is 4. The maximum atomic E-state index is 6.06. The molecule has 0 fully saturated rings. The Hall–Kier alpha value is -0.910. The van der Waals surface area contributed by atoms with Crippen LogP contribution in [0.3, 0.4) is 0 Å². The first-order chi connectivity index (χ1) is 9.88. The van der Waals surface area contributed by atoms with Crippen LogP contribution in [-0.4, -0.2) is 4.99 Å². The van der Waals surface area contributed by atoms with E-state index >= 15 is 0 Å². The average molecular weight is 429 g/mol. The molecule has 0 aliphatic heterocycles. The fourth-order valence-corrected chi connectivity index (χ4v) is 2.87. The molecule has 2 N–H and O–H groups in total. The van der Waals surface area contributed by atoms with E-state index in [9.17, 15) is 0 Å². The van der Waals surface area contributed by atoms with Gasteiger partial charge in [0.25, 0.3) is 0 Å². The van der Waals surface area contributed by atoms with Crippen molar-refractivity contribution in [3.63, 3.8) is 0 Å². The summed E-state index contributed by atoms with van der Waals surface area (Å²) < 4.78 is 8.01. The molecule has 2 rings (SSSR count). The maximum absolute atomic E-state index is 6.06. The number of hydrogen-bond acceptors (Lipinski definition) is 2. The second kappa shape index (κ2) is 6.90. The summed E-state index contributed by atoms with van der Waals surface area (Å²) in [6.45, 7) is 4.26. The van der Waals surface area contributed by atoms with Crippen LogP contribution in [0.4, 0.5) is 0 Å². The molecular weight excluding hydrogens is 414 g/mol. The zero-order valence-corrected chi connectivity index (χ0v) is 15.7. The normalized spacial score (nSPS) is 10.7. The van der Waals surface area contributed by atoms with Gasteiger partial charge >= 0.3 is 0 Å². The third kappa shape index (κ3) is 4.05. The molecule has 0 spiro atoms. The van der Waals surface area contributed by atoms with Crippen molar-refractivity contribution in [2.75, 3.05) is 0 Å². The molecule has 2 aromatic carbocycles. The van der Waals surface area contributed by atoms with Crippen LogP contribution in [0, 0.1) is 0 Å². The minimum absolute atomic E-state index is 0.314. The molecule has 0 saturated carbocycles. The summed E-state index contributed by atoms with van der Waals surface area (Å²) in [5.74, 6) is 1.82. The summed E-state index contributed by atoms with van der Waals surface area (Å²) in [6.07, 6.45) is 0. The largest absolute Gasteiger partial charge is 0.456 e. The number of benzene rings is 2. The Morgan fingerprint density at radius 1 is 1.05 bits per heavy atom. The van der Waals surface area contributed by atoms with Gasteiger partial charge in [0.1, 0.15) is 16.5 Å². The van der Waals surface area contributed by atoms with Crippen LogP contribution in [0.1, 0.15) is 30.9 Å². The van der Waals surface area contributed by atoms with Crippen LogP contribution in [0.15, 0.2) is 45.3 Å². The highest BCUT2D eigenvalue weighted by Crippen LogP contribution is 2.34. The van der Waals surface area contributed by atoms with E-state index in [0.717, 1.165) is 25.8 Å². The lowest BCUT2D eigenvalue weighted by Gasteiger charge is -2.16. The van der Waals surface area contributed by atoms with Gasteiger partial charge in [-0.05, 0) is 47.9 Å².